The Morgan fingerprint density at radius 1 is 0.842 bits per heavy atom. The minimum atomic E-state index is -0.272. The summed E-state index contributed by atoms with van der Waals surface area (Å²) in [7, 11) is 0. The first-order valence-corrected chi connectivity index (χ1v) is 14.7. The zero-order chi connectivity index (χ0) is 27.7. The highest BCUT2D eigenvalue weighted by Crippen LogP contribution is 2.36. The number of halogens is 2. The summed E-state index contributed by atoms with van der Waals surface area (Å²) in [5.41, 5.74) is 1.84. The molecule has 0 spiro atoms. The molecule has 0 bridgehead atoms. The summed E-state index contributed by atoms with van der Waals surface area (Å²) in [6, 6.07) is 13.1. The van der Waals surface area contributed by atoms with Crippen molar-refractivity contribution in [1.29, 1.82) is 0 Å². The number of benzene rings is 2. The van der Waals surface area contributed by atoms with E-state index in [4.69, 9.17) is 0 Å². The molecule has 0 saturated carbocycles. The number of unbranched alkanes of at least 4 members (excludes halogenated alkanes) is 3. The molecule has 1 amide bonds. The molecule has 3 rings (SSSR count). The third kappa shape index (κ3) is 8.36. The molecule has 0 N–H and O–H groups in total. The van der Waals surface area contributed by atoms with Crippen LogP contribution in [0.4, 0.5) is 8.78 Å². The van der Waals surface area contributed by atoms with E-state index in [-0.39, 0.29) is 35.0 Å². The van der Waals surface area contributed by atoms with E-state index in [0.29, 0.717) is 32.0 Å². The first kappa shape index (κ1) is 30.3. The fourth-order valence-corrected chi connectivity index (χ4v) is 5.96. The van der Waals surface area contributed by atoms with Gasteiger partial charge in [0.1, 0.15) is 11.6 Å². The van der Waals surface area contributed by atoms with Crippen LogP contribution in [-0.4, -0.2) is 41.4 Å². The van der Waals surface area contributed by atoms with Crippen LogP contribution in [0.1, 0.15) is 103 Å². The average Bonchev–Trinajstić information content (AvgIpc) is 2.88. The third-order valence-electron chi connectivity index (χ3n) is 8.09. The second kappa shape index (κ2) is 14.2. The highest BCUT2D eigenvalue weighted by atomic mass is 19.1. The van der Waals surface area contributed by atoms with Crippen molar-refractivity contribution in [2.24, 2.45) is 11.3 Å². The van der Waals surface area contributed by atoms with Gasteiger partial charge in [-0.1, -0.05) is 97.4 Å². The number of hydrogen-bond acceptors (Lipinski definition) is 2. The lowest BCUT2D eigenvalue weighted by molar-refractivity contribution is -0.141. The Hall–Kier alpha value is -2.27. The highest BCUT2D eigenvalue weighted by molar-refractivity contribution is 5.77. The second-order valence-electron chi connectivity index (χ2n) is 12.2. The Balaban J connectivity index is 1.81. The SMILES string of the molecule is CCCCCCC(CCC)CC(=O)N1CCN(C(c2ccc(F)cc2)c2ccc(F)cc2)CC1C(C)(C)C. The minimum absolute atomic E-state index is 0.0505. The van der Waals surface area contributed by atoms with Crippen molar-refractivity contribution >= 4 is 5.91 Å². The van der Waals surface area contributed by atoms with Gasteiger partial charge in [-0.05, 0) is 53.1 Å². The lowest BCUT2D eigenvalue weighted by atomic mass is 9.82. The van der Waals surface area contributed by atoms with E-state index in [9.17, 15) is 13.6 Å². The maximum absolute atomic E-state index is 13.8. The van der Waals surface area contributed by atoms with E-state index >= 15 is 0 Å². The van der Waals surface area contributed by atoms with Crippen molar-refractivity contribution in [2.45, 2.75) is 98.1 Å². The van der Waals surface area contributed by atoms with Crippen molar-refractivity contribution in [3.05, 3.63) is 71.3 Å². The summed E-state index contributed by atoms with van der Waals surface area (Å²) < 4.78 is 27.5. The molecule has 2 aromatic carbocycles. The van der Waals surface area contributed by atoms with Crippen molar-refractivity contribution in [3.8, 4) is 0 Å². The van der Waals surface area contributed by atoms with Gasteiger partial charge in [0, 0.05) is 32.1 Å². The Labute approximate surface area is 229 Å². The van der Waals surface area contributed by atoms with Crippen LogP contribution in [0.25, 0.3) is 0 Å². The molecule has 0 radical (unpaired) electrons. The molecule has 1 aliphatic heterocycles. The van der Waals surface area contributed by atoms with Gasteiger partial charge in [-0.2, -0.15) is 0 Å². The smallest absolute Gasteiger partial charge is 0.223 e. The topological polar surface area (TPSA) is 23.6 Å². The number of hydrogen-bond donors (Lipinski definition) is 0. The maximum atomic E-state index is 13.8. The molecule has 2 unspecified atom stereocenters. The van der Waals surface area contributed by atoms with Crippen LogP contribution in [0.2, 0.25) is 0 Å². The van der Waals surface area contributed by atoms with Crippen LogP contribution in [0.5, 0.6) is 0 Å². The summed E-state index contributed by atoms with van der Waals surface area (Å²) in [6.45, 7) is 13.2. The molecular formula is C33H48F2N2O. The molecule has 1 saturated heterocycles. The monoisotopic (exact) mass is 526 g/mol. The van der Waals surface area contributed by atoms with Gasteiger partial charge in [0.05, 0.1) is 6.04 Å². The molecule has 2 aromatic rings. The fourth-order valence-electron chi connectivity index (χ4n) is 5.96. The number of carbonyl (C=O) groups is 1. The molecule has 1 aliphatic rings. The Morgan fingerprint density at radius 3 is 1.92 bits per heavy atom. The van der Waals surface area contributed by atoms with E-state index in [1.807, 2.05) is 24.3 Å². The average molecular weight is 527 g/mol. The van der Waals surface area contributed by atoms with Crippen LogP contribution >= 0.6 is 0 Å². The van der Waals surface area contributed by atoms with E-state index in [2.05, 4.69) is 44.4 Å². The van der Waals surface area contributed by atoms with Crippen molar-refractivity contribution in [3.63, 3.8) is 0 Å². The van der Waals surface area contributed by atoms with E-state index in [1.54, 1.807) is 0 Å². The van der Waals surface area contributed by atoms with Gasteiger partial charge in [-0.3, -0.25) is 9.69 Å². The molecule has 0 aromatic heterocycles. The first-order chi connectivity index (χ1) is 18.1. The van der Waals surface area contributed by atoms with Gasteiger partial charge in [0.15, 0.2) is 0 Å². The van der Waals surface area contributed by atoms with E-state index < -0.39 is 0 Å². The van der Waals surface area contributed by atoms with Gasteiger partial charge in [-0.15, -0.1) is 0 Å². The Bertz CT molecular complexity index is 938. The van der Waals surface area contributed by atoms with Crippen LogP contribution in [0.3, 0.4) is 0 Å². The predicted molar refractivity (Wildman–Crippen MR) is 153 cm³/mol. The third-order valence-corrected chi connectivity index (χ3v) is 8.09. The van der Waals surface area contributed by atoms with E-state index in [0.717, 1.165) is 30.4 Å². The summed E-state index contributed by atoms with van der Waals surface area (Å²) in [5, 5.41) is 0. The number of piperazine rings is 1. The molecule has 1 fully saturated rings. The second-order valence-corrected chi connectivity index (χ2v) is 12.2. The number of nitrogens with zero attached hydrogens (tertiary/aromatic N) is 2. The van der Waals surface area contributed by atoms with Gasteiger partial charge in [-0.25, -0.2) is 8.78 Å². The largest absolute Gasteiger partial charge is 0.337 e. The number of rotatable bonds is 12. The summed E-state index contributed by atoms with van der Waals surface area (Å²) in [5.74, 6) is 0.185. The summed E-state index contributed by atoms with van der Waals surface area (Å²) in [4.78, 5) is 18.3. The van der Waals surface area contributed by atoms with Gasteiger partial charge in [0.25, 0.3) is 0 Å². The quantitative estimate of drug-likeness (QED) is 0.259. The van der Waals surface area contributed by atoms with Crippen molar-refractivity contribution in [2.75, 3.05) is 19.6 Å². The standard InChI is InChI=1S/C33H48F2N2O/c1-6-8-9-10-12-25(11-7-2)23-31(38)37-22-21-36(24-30(37)33(3,4)5)32(26-13-17-28(34)18-14-26)27-15-19-29(35)20-16-27/h13-20,25,30,32H,6-12,21-24H2,1-5H3. The first-order valence-electron chi connectivity index (χ1n) is 14.7. The highest BCUT2D eigenvalue weighted by Gasteiger charge is 2.40. The molecule has 3 nitrogen and oxygen atoms in total. The normalized spacial score (nSPS) is 17.7. The summed E-state index contributed by atoms with van der Waals surface area (Å²) in [6.07, 6.45) is 8.94. The van der Waals surface area contributed by atoms with E-state index in [1.165, 1.54) is 49.9 Å². The molecule has 0 aliphatic carbocycles. The lowest BCUT2D eigenvalue weighted by Crippen LogP contribution is -2.60. The van der Waals surface area contributed by atoms with Crippen molar-refractivity contribution < 1.29 is 13.6 Å². The Kier molecular flexibility index (Phi) is 11.3. The fraction of sp³-hybridized carbons (Fsp3) is 0.606. The zero-order valence-corrected chi connectivity index (χ0v) is 24.2. The van der Waals surface area contributed by atoms with Crippen molar-refractivity contribution in [1.82, 2.24) is 9.80 Å². The van der Waals surface area contributed by atoms with Crippen LogP contribution in [-0.2, 0) is 4.79 Å². The molecule has 210 valence electrons. The number of amides is 1. The number of carbonyl (C=O) groups excluding carboxylic acids is 1. The molecule has 2 atom stereocenters. The van der Waals surface area contributed by atoms with Gasteiger partial charge >= 0.3 is 0 Å². The molecule has 38 heavy (non-hydrogen) atoms. The van der Waals surface area contributed by atoms with Crippen LogP contribution < -0.4 is 0 Å². The van der Waals surface area contributed by atoms with Crippen LogP contribution in [0, 0.1) is 23.0 Å². The molecule has 1 heterocycles. The summed E-state index contributed by atoms with van der Waals surface area (Å²) >= 11 is 0. The lowest BCUT2D eigenvalue weighted by Gasteiger charge is -2.49. The van der Waals surface area contributed by atoms with Gasteiger partial charge in [0.2, 0.25) is 5.91 Å². The molecular weight excluding hydrogens is 478 g/mol. The minimum Gasteiger partial charge on any atom is -0.337 e. The van der Waals surface area contributed by atoms with Gasteiger partial charge < -0.3 is 4.90 Å². The zero-order valence-electron chi connectivity index (χ0n) is 24.2. The Morgan fingerprint density at radius 2 is 1.42 bits per heavy atom. The van der Waals surface area contributed by atoms with Crippen LogP contribution in [0.15, 0.2) is 48.5 Å². The maximum Gasteiger partial charge on any atom is 0.223 e. The predicted octanol–water partition coefficient (Wildman–Crippen LogP) is 8.39. The molecule has 5 heteroatoms.